The summed E-state index contributed by atoms with van der Waals surface area (Å²) in [6, 6.07) is 14.4. The second-order valence-corrected chi connectivity index (χ2v) is 8.53. The number of nitrogens with one attached hydrogen (secondary N) is 1. The standard InChI is InChI=1S/C25H32N2O4/c1-17(2)11-12-30-21-14-19(25(29)31-16-18-7-4-3-5-8-18)13-20(15-21)27-24(28)22-9-6-10-23(22)26/h3-5,7-8,13-15,17,22-23H,6,9-12,16,26H2,1-2H3,(H,27,28). The summed E-state index contributed by atoms with van der Waals surface area (Å²) in [7, 11) is 0. The lowest BCUT2D eigenvalue weighted by atomic mass is 10.0. The summed E-state index contributed by atoms with van der Waals surface area (Å²) in [5, 5.41) is 2.92. The van der Waals surface area contributed by atoms with Crippen LogP contribution in [0.15, 0.2) is 48.5 Å². The minimum absolute atomic E-state index is 0.118. The molecule has 0 spiro atoms. The number of rotatable bonds is 9. The normalized spacial score (nSPS) is 18.1. The van der Waals surface area contributed by atoms with Gasteiger partial charge in [0.25, 0.3) is 0 Å². The number of ether oxygens (including phenoxy) is 2. The number of hydrogen-bond donors (Lipinski definition) is 2. The predicted octanol–water partition coefficient (Wildman–Crippen LogP) is 4.53. The fraction of sp³-hybridized carbons (Fsp3) is 0.440. The Morgan fingerprint density at radius 2 is 1.90 bits per heavy atom. The maximum absolute atomic E-state index is 12.7. The zero-order valence-electron chi connectivity index (χ0n) is 18.3. The van der Waals surface area contributed by atoms with Crippen LogP contribution >= 0.6 is 0 Å². The summed E-state index contributed by atoms with van der Waals surface area (Å²) >= 11 is 0. The van der Waals surface area contributed by atoms with Gasteiger partial charge in [-0.2, -0.15) is 0 Å². The van der Waals surface area contributed by atoms with E-state index < -0.39 is 5.97 Å². The molecule has 0 aromatic heterocycles. The third-order valence-corrected chi connectivity index (χ3v) is 5.49. The molecule has 2 atom stereocenters. The highest BCUT2D eigenvalue weighted by atomic mass is 16.5. The van der Waals surface area contributed by atoms with Gasteiger partial charge in [-0.05, 0) is 42.9 Å². The molecule has 31 heavy (non-hydrogen) atoms. The number of hydrogen-bond acceptors (Lipinski definition) is 5. The van der Waals surface area contributed by atoms with E-state index in [0.29, 0.717) is 29.5 Å². The molecule has 2 aromatic rings. The van der Waals surface area contributed by atoms with Crippen LogP contribution in [0, 0.1) is 11.8 Å². The largest absolute Gasteiger partial charge is 0.493 e. The lowest BCUT2D eigenvalue weighted by molar-refractivity contribution is -0.120. The molecular formula is C25H32N2O4. The Labute approximate surface area is 184 Å². The molecule has 3 N–H and O–H groups in total. The monoisotopic (exact) mass is 424 g/mol. The topological polar surface area (TPSA) is 90.6 Å². The van der Waals surface area contributed by atoms with Crippen LogP contribution in [0.3, 0.4) is 0 Å². The molecule has 0 heterocycles. The zero-order chi connectivity index (χ0) is 22.2. The smallest absolute Gasteiger partial charge is 0.338 e. The molecule has 2 aromatic carbocycles. The van der Waals surface area contributed by atoms with Gasteiger partial charge in [-0.1, -0.05) is 50.6 Å². The Bertz CT molecular complexity index is 882. The van der Waals surface area contributed by atoms with Crippen molar-refractivity contribution < 1.29 is 19.1 Å². The van der Waals surface area contributed by atoms with E-state index in [9.17, 15) is 9.59 Å². The van der Waals surface area contributed by atoms with E-state index in [1.807, 2.05) is 30.3 Å². The Morgan fingerprint density at radius 1 is 1.13 bits per heavy atom. The van der Waals surface area contributed by atoms with Crippen LogP contribution in [0.5, 0.6) is 5.75 Å². The fourth-order valence-corrected chi connectivity index (χ4v) is 3.64. The van der Waals surface area contributed by atoms with E-state index in [2.05, 4.69) is 19.2 Å². The molecule has 1 amide bonds. The molecule has 0 radical (unpaired) electrons. The second kappa shape index (κ2) is 11.0. The predicted molar refractivity (Wildman–Crippen MR) is 121 cm³/mol. The van der Waals surface area contributed by atoms with E-state index in [1.165, 1.54) is 0 Å². The van der Waals surface area contributed by atoms with Crippen LogP contribution in [0.4, 0.5) is 5.69 Å². The van der Waals surface area contributed by atoms with Gasteiger partial charge in [0.05, 0.1) is 18.1 Å². The highest BCUT2D eigenvalue weighted by Crippen LogP contribution is 2.27. The Kier molecular flexibility index (Phi) is 8.06. The highest BCUT2D eigenvalue weighted by molar-refractivity contribution is 5.96. The summed E-state index contributed by atoms with van der Waals surface area (Å²) in [5.74, 6) is 0.237. The quantitative estimate of drug-likeness (QED) is 0.577. The molecule has 6 nitrogen and oxygen atoms in total. The van der Waals surface area contributed by atoms with E-state index in [4.69, 9.17) is 15.2 Å². The van der Waals surface area contributed by atoms with Crippen LogP contribution < -0.4 is 15.8 Å². The van der Waals surface area contributed by atoms with Gasteiger partial charge < -0.3 is 20.5 Å². The molecule has 6 heteroatoms. The van der Waals surface area contributed by atoms with Crippen molar-refractivity contribution in [1.82, 2.24) is 0 Å². The maximum Gasteiger partial charge on any atom is 0.338 e. The highest BCUT2D eigenvalue weighted by Gasteiger charge is 2.30. The average Bonchev–Trinajstić information content (AvgIpc) is 3.18. The van der Waals surface area contributed by atoms with E-state index >= 15 is 0 Å². The molecule has 166 valence electrons. The fourth-order valence-electron chi connectivity index (χ4n) is 3.64. The van der Waals surface area contributed by atoms with Gasteiger partial charge in [0.2, 0.25) is 5.91 Å². The van der Waals surface area contributed by atoms with Gasteiger partial charge in [-0.15, -0.1) is 0 Å². The van der Waals surface area contributed by atoms with Crippen molar-refractivity contribution in [1.29, 1.82) is 0 Å². The number of amides is 1. The molecular weight excluding hydrogens is 392 g/mol. The Balaban J connectivity index is 1.73. The lowest BCUT2D eigenvalue weighted by Gasteiger charge is -2.17. The Morgan fingerprint density at radius 3 is 2.58 bits per heavy atom. The van der Waals surface area contributed by atoms with E-state index in [0.717, 1.165) is 31.2 Å². The number of anilines is 1. The molecule has 0 aliphatic heterocycles. The first-order valence-electron chi connectivity index (χ1n) is 11.0. The minimum Gasteiger partial charge on any atom is -0.493 e. The SMILES string of the molecule is CC(C)CCOc1cc(NC(=O)C2CCCC2N)cc(C(=O)OCc2ccccc2)c1. The van der Waals surface area contributed by atoms with Crippen molar-refractivity contribution in [3.63, 3.8) is 0 Å². The molecule has 1 aliphatic carbocycles. The zero-order valence-corrected chi connectivity index (χ0v) is 18.3. The van der Waals surface area contributed by atoms with Crippen LogP contribution in [0.25, 0.3) is 0 Å². The number of esters is 1. The van der Waals surface area contributed by atoms with Gasteiger partial charge in [-0.3, -0.25) is 4.79 Å². The van der Waals surface area contributed by atoms with Crippen LogP contribution in [-0.4, -0.2) is 24.5 Å². The minimum atomic E-state index is -0.466. The first kappa shape index (κ1) is 22.8. The summed E-state index contributed by atoms with van der Waals surface area (Å²) in [5.41, 5.74) is 7.83. The Hall–Kier alpha value is -2.86. The number of carbonyl (C=O) groups is 2. The third kappa shape index (κ3) is 6.82. The van der Waals surface area contributed by atoms with Crippen molar-refractivity contribution >= 4 is 17.6 Å². The molecule has 3 rings (SSSR count). The van der Waals surface area contributed by atoms with Crippen molar-refractivity contribution in [2.45, 2.75) is 52.2 Å². The van der Waals surface area contributed by atoms with Gasteiger partial charge in [-0.25, -0.2) is 4.79 Å². The summed E-state index contributed by atoms with van der Waals surface area (Å²) in [6.45, 7) is 4.95. The molecule has 2 unspecified atom stereocenters. The molecule has 0 bridgehead atoms. The first-order chi connectivity index (χ1) is 14.9. The van der Waals surface area contributed by atoms with Gasteiger partial charge in [0.1, 0.15) is 12.4 Å². The summed E-state index contributed by atoms with van der Waals surface area (Å²) < 4.78 is 11.3. The van der Waals surface area contributed by atoms with Gasteiger partial charge in [0, 0.05) is 17.8 Å². The number of nitrogens with two attached hydrogens (primary N) is 1. The molecule has 1 saturated carbocycles. The van der Waals surface area contributed by atoms with Crippen molar-refractivity contribution in [2.75, 3.05) is 11.9 Å². The van der Waals surface area contributed by atoms with Crippen LogP contribution in [-0.2, 0) is 16.1 Å². The third-order valence-electron chi connectivity index (χ3n) is 5.49. The van der Waals surface area contributed by atoms with Crippen molar-refractivity contribution in [3.05, 3.63) is 59.7 Å². The number of benzene rings is 2. The summed E-state index contributed by atoms with van der Waals surface area (Å²) in [6.07, 6.45) is 3.48. The van der Waals surface area contributed by atoms with Crippen molar-refractivity contribution in [3.8, 4) is 5.75 Å². The van der Waals surface area contributed by atoms with Gasteiger partial charge >= 0.3 is 5.97 Å². The summed E-state index contributed by atoms with van der Waals surface area (Å²) in [4.78, 5) is 25.4. The maximum atomic E-state index is 12.7. The average molecular weight is 425 g/mol. The van der Waals surface area contributed by atoms with E-state index in [-0.39, 0.29) is 24.5 Å². The van der Waals surface area contributed by atoms with Crippen molar-refractivity contribution in [2.24, 2.45) is 17.6 Å². The first-order valence-corrected chi connectivity index (χ1v) is 11.0. The molecule has 1 aliphatic rings. The van der Waals surface area contributed by atoms with E-state index in [1.54, 1.807) is 18.2 Å². The number of carbonyl (C=O) groups excluding carboxylic acids is 2. The van der Waals surface area contributed by atoms with Gasteiger partial charge in [0.15, 0.2) is 0 Å². The molecule has 1 fully saturated rings. The van der Waals surface area contributed by atoms with Crippen LogP contribution in [0.2, 0.25) is 0 Å². The van der Waals surface area contributed by atoms with Crippen LogP contribution in [0.1, 0.15) is 55.5 Å². The lowest BCUT2D eigenvalue weighted by Crippen LogP contribution is -2.34. The molecule has 0 saturated heterocycles. The second-order valence-electron chi connectivity index (χ2n) is 8.53.